The van der Waals surface area contributed by atoms with Crippen LogP contribution in [0.4, 0.5) is 0 Å². The Morgan fingerprint density at radius 1 is 0.926 bits per heavy atom. The maximum Gasteiger partial charge on any atom is 0.302 e. The fourth-order valence-electron chi connectivity index (χ4n) is 8.55. The SMILES string of the molecule is CC(=O)O[C@@H]1CC[C@]2(C)C3C[C@H](C)[C@]4(C)C(C(C)=O)CCC4C3CC[C@@H]2C1. The third-order valence-electron chi connectivity index (χ3n) is 10.0. The van der Waals surface area contributed by atoms with E-state index in [0.717, 1.165) is 37.0 Å². The Labute approximate surface area is 165 Å². The minimum Gasteiger partial charge on any atom is -0.463 e. The number of esters is 1. The van der Waals surface area contributed by atoms with Gasteiger partial charge in [-0.15, -0.1) is 0 Å². The number of ketones is 1. The van der Waals surface area contributed by atoms with Crippen LogP contribution in [0.1, 0.15) is 86.0 Å². The molecule has 152 valence electrons. The molecule has 0 aromatic rings. The highest BCUT2D eigenvalue weighted by Gasteiger charge is 2.63. The highest BCUT2D eigenvalue weighted by atomic mass is 16.5. The largest absolute Gasteiger partial charge is 0.463 e. The van der Waals surface area contributed by atoms with Crippen molar-refractivity contribution in [3.8, 4) is 0 Å². The molecule has 4 unspecified atom stereocenters. The highest BCUT2D eigenvalue weighted by Crippen LogP contribution is 2.69. The predicted molar refractivity (Wildman–Crippen MR) is 106 cm³/mol. The van der Waals surface area contributed by atoms with Crippen molar-refractivity contribution < 1.29 is 14.3 Å². The first-order valence-electron chi connectivity index (χ1n) is 11.4. The summed E-state index contributed by atoms with van der Waals surface area (Å²) in [4.78, 5) is 23.8. The van der Waals surface area contributed by atoms with E-state index >= 15 is 0 Å². The van der Waals surface area contributed by atoms with E-state index in [1.54, 1.807) is 6.92 Å². The summed E-state index contributed by atoms with van der Waals surface area (Å²) in [5.74, 6) is 4.20. The third-order valence-corrected chi connectivity index (χ3v) is 10.0. The molecule has 0 bridgehead atoms. The van der Waals surface area contributed by atoms with Gasteiger partial charge >= 0.3 is 5.97 Å². The highest BCUT2D eigenvalue weighted by molar-refractivity contribution is 5.79. The monoisotopic (exact) mass is 374 g/mol. The number of ether oxygens (including phenoxy) is 1. The molecule has 0 aromatic heterocycles. The zero-order valence-corrected chi connectivity index (χ0v) is 17.9. The molecule has 3 heteroatoms. The first-order chi connectivity index (χ1) is 12.7. The minimum absolute atomic E-state index is 0.124. The van der Waals surface area contributed by atoms with Crippen molar-refractivity contribution in [2.24, 2.45) is 46.3 Å². The van der Waals surface area contributed by atoms with Gasteiger partial charge in [0.1, 0.15) is 11.9 Å². The lowest BCUT2D eigenvalue weighted by molar-refractivity contribution is -0.166. The number of carbonyl (C=O) groups is 2. The van der Waals surface area contributed by atoms with E-state index in [-0.39, 0.29) is 23.4 Å². The maximum atomic E-state index is 12.4. The molecule has 0 saturated heterocycles. The average Bonchev–Trinajstić information content (AvgIpc) is 2.95. The van der Waals surface area contributed by atoms with Gasteiger partial charge in [-0.1, -0.05) is 20.8 Å². The van der Waals surface area contributed by atoms with E-state index in [0.29, 0.717) is 23.0 Å². The van der Waals surface area contributed by atoms with Crippen molar-refractivity contribution in [2.45, 2.75) is 92.1 Å². The second-order valence-corrected chi connectivity index (χ2v) is 10.9. The van der Waals surface area contributed by atoms with Gasteiger partial charge in [-0.2, -0.15) is 0 Å². The molecule has 4 rings (SSSR count). The minimum atomic E-state index is -0.124. The van der Waals surface area contributed by atoms with Crippen LogP contribution in [-0.2, 0) is 14.3 Å². The molecule has 0 N–H and O–H groups in total. The van der Waals surface area contributed by atoms with Crippen molar-refractivity contribution in [1.29, 1.82) is 0 Å². The zero-order chi connectivity index (χ0) is 19.6. The van der Waals surface area contributed by atoms with Gasteiger partial charge in [0, 0.05) is 12.8 Å². The van der Waals surface area contributed by atoms with Crippen LogP contribution in [0.2, 0.25) is 0 Å². The first-order valence-corrected chi connectivity index (χ1v) is 11.4. The smallest absolute Gasteiger partial charge is 0.302 e. The van der Waals surface area contributed by atoms with Gasteiger partial charge in [0.25, 0.3) is 0 Å². The Bertz CT molecular complexity index is 627. The maximum absolute atomic E-state index is 12.4. The number of rotatable bonds is 2. The Morgan fingerprint density at radius 2 is 1.67 bits per heavy atom. The second-order valence-electron chi connectivity index (χ2n) is 10.9. The number of fused-ring (bicyclic) bond motifs is 5. The Kier molecular flexibility index (Phi) is 4.75. The van der Waals surface area contributed by atoms with Crippen LogP contribution in [0.15, 0.2) is 0 Å². The first kappa shape index (κ1) is 19.5. The lowest BCUT2D eigenvalue weighted by atomic mass is 9.42. The standard InChI is InChI=1S/C24H38O3/c1-14-12-22-19(21-9-8-20(15(2)25)24(14,21)5)7-6-17-13-18(27-16(3)26)10-11-23(17,22)4/h14,17-22H,6-13H2,1-5H3/t14-,17+,18+,19?,20?,21?,22?,23-,24+/m0/s1. The molecular weight excluding hydrogens is 336 g/mol. The molecule has 0 aromatic carbocycles. The van der Waals surface area contributed by atoms with Crippen LogP contribution in [0.3, 0.4) is 0 Å². The van der Waals surface area contributed by atoms with E-state index < -0.39 is 0 Å². The number of hydrogen-bond donors (Lipinski definition) is 0. The van der Waals surface area contributed by atoms with Crippen LogP contribution in [-0.4, -0.2) is 17.9 Å². The van der Waals surface area contributed by atoms with E-state index in [2.05, 4.69) is 20.8 Å². The summed E-state index contributed by atoms with van der Waals surface area (Å²) >= 11 is 0. The Balaban J connectivity index is 1.58. The molecule has 9 atom stereocenters. The summed E-state index contributed by atoms with van der Waals surface area (Å²) in [7, 11) is 0. The molecule has 0 aliphatic heterocycles. The molecule has 4 fully saturated rings. The van der Waals surface area contributed by atoms with Gasteiger partial charge in [0.15, 0.2) is 0 Å². The molecule has 0 amide bonds. The normalized spacial score (nSPS) is 51.7. The van der Waals surface area contributed by atoms with E-state index in [9.17, 15) is 9.59 Å². The third kappa shape index (κ3) is 2.82. The van der Waals surface area contributed by atoms with Gasteiger partial charge in [-0.25, -0.2) is 0 Å². The topological polar surface area (TPSA) is 43.4 Å². The van der Waals surface area contributed by atoms with Crippen molar-refractivity contribution in [1.82, 2.24) is 0 Å². The van der Waals surface area contributed by atoms with Gasteiger partial charge < -0.3 is 4.74 Å². The van der Waals surface area contributed by atoms with Crippen molar-refractivity contribution >= 4 is 11.8 Å². The number of Topliss-reactive ketones (excluding diaryl/α,β-unsaturated/α-hetero) is 1. The zero-order valence-electron chi connectivity index (χ0n) is 17.9. The van der Waals surface area contributed by atoms with Crippen LogP contribution >= 0.6 is 0 Å². The quantitative estimate of drug-likeness (QED) is 0.607. The van der Waals surface area contributed by atoms with Crippen molar-refractivity contribution in [2.75, 3.05) is 0 Å². The van der Waals surface area contributed by atoms with Gasteiger partial charge in [0.05, 0.1) is 0 Å². The Hall–Kier alpha value is -0.860. The van der Waals surface area contributed by atoms with Crippen LogP contribution in [0, 0.1) is 46.3 Å². The van der Waals surface area contributed by atoms with Gasteiger partial charge in [-0.05, 0) is 98.7 Å². The summed E-state index contributed by atoms with van der Waals surface area (Å²) in [5.41, 5.74) is 0.606. The summed E-state index contributed by atoms with van der Waals surface area (Å²) in [6, 6.07) is 0. The summed E-state index contributed by atoms with van der Waals surface area (Å²) in [6.45, 7) is 10.8. The number of carbonyl (C=O) groups excluding carboxylic acids is 2. The average molecular weight is 375 g/mol. The lowest BCUT2D eigenvalue weighted by Gasteiger charge is -2.62. The van der Waals surface area contributed by atoms with Crippen LogP contribution in [0.5, 0.6) is 0 Å². The van der Waals surface area contributed by atoms with E-state index in [4.69, 9.17) is 4.74 Å². The fourth-order valence-corrected chi connectivity index (χ4v) is 8.55. The molecular formula is C24H38O3. The molecule has 4 aliphatic rings. The fraction of sp³-hybridized carbons (Fsp3) is 0.917. The molecule has 0 radical (unpaired) electrons. The van der Waals surface area contributed by atoms with Crippen LogP contribution in [0.25, 0.3) is 0 Å². The van der Waals surface area contributed by atoms with Crippen molar-refractivity contribution in [3.05, 3.63) is 0 Å². The summed E-state index contributed by atoms with van der Waals surface area (Å²) in [6.07, 6.45) is 9.67. The predicted octanol–water partition coefficient (Wildman–Crippen LogP) is 5.41. The molecule has 0 heterocycles. The lowest BCUT2D eigenvalue weighted by Crippen LogP contribution is -2.56. The second kappa shape index (κ2) is 6.59. The number of hydrogen-bond acceptors (Lipinski definition) is 3. The van der Waals surface area contributed by atoms with Gasteiger partial charge in [0.2, 0.25) is 0 Å². The summed E-state index contributed by atoms with van der Waals surface area (Å²) in [5, 5.41) is 0. The molecule has 3 nitrogen and oxygen atoms in total. The van der Waals surface area contributed by atoms with E-state index in [1.807, 2.05) is 6.92 Å². The molecule has 0 spiro atoms. The Morgan fingerprint density at radius 3 is 2.33 bits per heavy atom. The van der Waals surface area contributed by atoms with E-state index in [1.165, 1.54) is 32.1 Å². The molecule has 4 saturated carbocycles. The molecule has 27 heavy (non-hydrogen) atoms. The molecule has 4 aliphatic carbocycles. The summed E-state index contributed by atoms with van der Waals surface area (Å²) < 4.78 is 5.59. The van der Waals surface area contributed by atoms with Gasteiger partial charge in [-0.3, -0.25) is 9.59 Å². The van der Waals surface area contributed by atoms with Crippen molar-refractivity contribution in [3.63, 3.8) is 0 Å². The van der Waals surface area contributed by atoms with Crippen LogP contribution < -0.4 is 0 Å².